The molecule has 0 aromatic heterocycles. The van der Waals surface area contributed by atoms with Gasteiger partial charge in [-0.3, -0.25) is 0 Å². The smallest absolute Gasteiger partial charge is 0.419 e. The van der Waals surface area contributed by atoms with Crippen LogP contribution in [0.4, 0.5) is 13.2 Å². The second kappa shape index (κ2) is 7.18. The molecule has 0 unspecified atom stereocenters. The highest BCUT2D eigenvalue weighted by molar-refractivity contribution is 6.25. The summed E-state index contributed by atoms with van der Waals surface area (Å²) in [6.45, 7) is 6.20. The molecule has 6 heteroatoms. The molecule has 21 heavy (non-hydrogen) atoms. The molecule has 1 aromatic rings. The van der Waals surface area contributed by atoms with Gasteiger partial charge in [-0.25, -0.2) is 0 Å². The molecule has 1 N–H and O–H groups in total. The van der Waals surface area contributed by atoms with E-state index in [1.54, 1.807) is 6.07 Å². The van der Waals surface area contributed by atoms with Crippen molar-refractivity contribution in [2.75, 3.05) is 6.61 Å². The minimum absolute atomic E-state index is 0.00777. The van der Waals surface area contributed by atoms with Crippen molar-refractivity contribution in [3.8, 4) is 5.75 Å². The third-order valence-corrected chi connectivity index (χ3v) is 2.77. The molecular weight excluding hydrogens is 303 g/mol. The van der Waals surface area contributed by atoms with Crippen molar-refractivity contribution in [2.24, 2.45) is 0 Å². The van der Waals surface area contributed by atoms with E-state index in [4.69, 9.17) is 16.3 Å². The van der Waals surface area contributed by atoms with E-state index in [0.717, 1.165) is 6.07 Å². The number of nitrogens with one attached hydrogen (secondary N) is 1. The van der Waals surface area contributed by atoms with Crippen molar-refractivity contribution in [2.45, 2.75) is 39.0 Å². The Labute approximate surface area is 127 Å². The molecule has 0 aliphatic heterocycles. The molecule has 0 fully saturated rings. The summed E-state index contributed by atoms with van der Waals surface area (Å²) in [4.78, 5) is 0. The first-order valence-corrected chi connectivity index (χ1v) is 6.90. The van der Waals surface area contributed by atoms with E-state index in [9.17, 15) is 13.2 Å². The SMILES string of the molecule is CC(C)(C)NCc1ccc(OCC=CCl)c(C(F)(F)F)c1. The summed E-state index contributed by atoms with van der Waals surface area (Å²) in [5.74, 6) is -0.197. The van der Waals surface area contributed by atoms with E-state index >= 15 is 0 Å². The lowest BCUT2D eigenvalue weighted by Gasteiger charge is -2.21. The van der Waals surface area contributed by atoms with Gasteiger partial charge in [-0.1, -0.05) is 17.7 Å². The third kappa shape index (κ3) is 6.40. The van der Waals surface area contributed by atoms with Gasteiger partial charge in [-0.05, 0) is 44.5 Å². The first-order valence-electron chi connectivity index (χ1n) is 6.46. The molecule has 0 saturated heterocycles. The largest absolute Gasteiger partial charge is 0.489 e. The quantitative estimate of drug-likeness (QED) is 0.847. The molecule has 0 aliphatic rings. The minimum Gasteiger partial charge on any atom is -0.489 e. The summed E-state index contributed by atoms with van der Waals surface area (Å²) >= 11 is 5.32. The first-order chi connectivity index (χ1) is 9.63. The monoisotopic (exact) mass is 321 g/mol. The lowest BCUT2D eigenvalue weighted by atomic mass is 10.1. The number of alkyl halides is 3. The summed E-state index contributed by atoms with van der Waals surface area (Å²) < 4.78 is 44.3. The van der Waals surface area contributed by atoms with E-state index in [2.05, 4.69) is 5.32 Å². The standard InChI is InChI=1S/C15H19ClF3NO/c1-14(2,3)20-10-11-5-6-13(21-8-4-7-16)12(9-11)15(17,18)19/h4-7,9,20H,8,10H2,1-3H3. The van der Waals surface area contributed by atoms with Crippen molar-refractivity contribution < 1.29 is 17.9 Å². The zero-order valence-electron chi connectivity index (χ0n) is 12.2. The van der Waals surface area contributed by atoms with Gasteiger partial charge in [0.05, 0.1) is 5.56 Å². The van der Waals surface area contributed by atoms with Crippen molar-refractivity contribution in [3.63, 3.8) is 0 Å². The van der Waals surface area contributed by atoms with Gasteiger partial charge in [0.1, 0.15) is 12.4 Å². The van der Waals surface area contributed by atoms with Gasteiger partial charge >= 0.3 is 6.18 Å². The Morgan fingerprint density at radius 2 is 1.90 bits per heavy atom. The Morgan fingerprint density at radius 3 is 2.43 bits per heavy atom. The van der Waals surface area contributed by atoms with Crippen LogP contribution in [0.25, 0.3) is 0 Å². The number of halogens is 4. The second-order valence-corrected chi connectivity index (χ2v) is 5.86. The predicted octanol–water partition coefficient (Wildman–Crippen LogP) is 4.72. The number of hydrogen-bond acceptors (Lipinski definition) is 2. The summed E-state index contributed by atoms with van der Waals surface area (Å²) in [6, 6.07) is 4.07. The summed E-state index contributed by atoms with van der Waals surface area (Å²) in [5.41, 5.74) is 0.810. The molecule has 0 saturated carbocycles. The third-order valence-electron chi connectivity index (χ3n) is 2.60. The average Bonchev–Trinajstić information content (AvgIpc) is 2.35. The normalized spacial score (nSPS) is 12.9. The fourth-order valence-corrected chi connectivity index (χ4v) is 1.65. The van der Waals surface area contributed by atoms with Gasteiger partial charge in [0.2, 0.25) is 0 Å². The fourth-order valence-electron chi connectivity index (χ4n) is 1.58. The number of rotatable bonds is 5. The Bertz CT molecular complexity index is 493. The van der Waals surface area contributed by atoms with Crippen molar-refractivity contribution >= 4 is 11.6 Å². The van der Waals surface area contributed by atoms with Crippen LogP contribution in [-0.4, -0.2) is 12.1 Å². The van der Waals surface area contributed by atoms with E-state index in [-0.39, 0.29) is 17.9 Å². The van der Waals surface area contributed by atoms with Gasteiger partial charge in [-0.2, -0.15) is 13.2 Å². The lowest BCUT2D eigenvalue weighted by Crippen LogP contribution is -2.35. The molecule has 2 nitrogen and oxygen atoms in total. The molecule has 1 aromatic carbocycles. The molecule has 118 valence electrons. The Balaban J connectivity index is 2.96. The van der Waals surface area contributed by atoms with E-state index < -0.39 is 11.7 Å². The molecule has 0 atom stereocenters. The molecule has 1 rings (SSSR count). The van der Waals surface area contributed by atoms with E-state index in [1.807, 2.05) is 20.8 Å². The number of benzene rings is 1. The van der Waals surface area contributed by atoms with Crippen molar-refractivity contribution in [1.82, 2.24) is 5.32 Å². The van der Waals surface area contributed by atoms with Crippen LogP contribution in [0.1, 0.15) is 31.9 Å². The van der Waals surface area contributed by atoms with Gasteiger partial charge in [-0.15, -0.1) is 0 Å². The molecule has 0 heterocycles. The van der Waals surface area contributed by atoms with Crippen LogP contribution in [0.2, 0.25) is 0 Å². The molecule has 0 aliphatic carbocycles. The summed E-state index contributed by atoms with van der Waals surface area (Å²) in [6.07, 6.45) is -3.03. The van der Waals surface area contributed by atoms with Crippen LogP contribution in [0.5, 0.6) is 5.75 Å². The van der Waals surface area contributed by atoms with E-state index in [0.29, 0.717) is 12.1 Å². The zero-order chi connectivity index (χ0) is 16.1. The maximum Gasteiger partial charge on any atom is 0.419 e. The van der Waals surface area contributed by atoms with Gasteiger partial charge < -0.3 is 10.1 Å². The number of ether oxygens (including phenoxy) is 1. The Kier molecular flexibility index (Phi) is 6.10. The van der Waals surface area contributed by atoms with Crippen molar-refractivity contribution in [1.29, 1.82) is 0 Å². The molecule has 0 bridgehead atoms. The van der Waals surface area contributed by atoms with Crippen LogP contribution in [0, 0.1) is 0 Å². The van der Waals surface area contributed by atoms with Crippen LogP contribution in [-0.2, 0) is 12.7 Å². The predicted molar refractivity (Wildman–Crippen MR) is 78.5 cm³/mol. The van der Waals surface area contributed by atoms with Crippen LogP contribution in [0.15, 0.2) is 29.8 Å². The molecular formula is C15H19ClF3NO. The first kappa shape index (κ1) is 17.9. The Morgan fingerprint density at radius 1 is 1.24 bits per heavy atom. The Hall–Kier alpha value is -1.20. The molecule has 0 radical (unpaired) electrons. The van der Waals surface area contributed by atoms with Gasteiger partial charge in [0.15, 0.2) is 0 Å². The van der Waals surface area contributed by atoms with E-state index in [1.165, 1.54) is 17.7 Å². The highest BCUT2D eigenvalue weighted by atomic mass is 35.5. The maximum absolute atomic E-state index is 13.1. The number of hydrogen-bond donors (Lipinski definition) is 1. The average molecular weight is 322 g/mol. The highest BCUT2D eigenvalue weighted by Gasteiger charge is 2.34. The van der Waals surface area contributed by atoms with Gasteiger partial charge in [0, 0.05) is 17.6 Å². The summed E-state index contributed by atoms with van der Waals surface area (Å²) in [7, 11) is 0. The van der Waals surface area contributed by atoms with Crippen LogP contribution in [0.3, 0.4) is 0 Å². The second-order valence-electron chi connectivity index (χ2n) is 5.60. The van der Waals surface area contributed by atoms with Crippen molar-refractivity contribution in [3.05, 3.63) is 40.9 Å². The fraction of sp³-hybridized carbons (Fsp3) is 0.467. The summed E-state index contributed by atoms with van der Waals surface area (Å²) in [5, 5.41) is 3.15. The molecule has 0 spiro atoms. The van der Waals surface area contributed by atoms with Crippen LogP contribution >= 0.6 is 11.6 Å². The lowest BCUT2D eigenvalue weighted by molar-refractivity contribution is -0.138. The minimum atomic E-state index is -4.46. The zero-order valence-corrected chi connectivity index (χ0v) is 13.0. The van der Waals surface area contributed by atoms with Gasteiger partial charge in [0.25, 0.3) is 0 Å². The maximum atomic E-state index is 13.1. The highest BCUT2D eigenvalue weighted by Crippen LogP contribution is 2.37. The molecule has 0 amide bonds. The topological polar surface area (TPSA) is 21.3 Å². The van der Waals surface area contributed by atoms with Crippen LogP contribution < -0.4 is 10.1 Å².